The van der Waals surface area contributed by atoms with Gasteiger partial charge in [-0.05, 0) is 42.8 Å². The minimum Gasteiger partial charge on any atom is -0.492 e. The molecule has 2 aromatic rings. The predicted octanol–water partition coefficient (Wildman–Crippen LogP) is 2.10. The fraction of sp³-hybridized carbons (Fsp3) is 0.188. The van der Waals surface area contributed by atoms with Gasteiger partial charge >= 0.3 is 11.8 Å². The first kappa shape index (κ1) is 17.6. The Morgan fingerprint density at radius 3 is 2.83 bits per heavy atom. The van der Waals surface area contributed by atoms with Gasteiger partial charge in [-0.25, -0.2) is 5.43 Å². The van der Waals surface area contributed by atoms with Crippen LogP contribution in [-0.4, -0.2) is 24.6 Å². The van der Waals surface area contributed by atoms with Gasteiger partial charge in [0, 0.05) is 0 Å². The lowest BCUT2D eigenvalue weighted by Gasteiger charge is -2.05. The zero-order chi connectivity index (χ0) is 17.4. The van der Waals surface area contributed by atoms with Crippen LogP contribution >= 0.6 is 11.6 Å². The minimum atomic E-state index is -0.880. The number of benzene rings is 1. The van der Waals surface area contributed by atoms with Crippen LogP contribution in [0.5, 0.6) is 5.75 Å². The lowest BCUT2D eigenvalue weighted by Crippen LogP contribution is -2.37. The number of nitrogens with one attached hydrogen (secondary N) is 2. The van der Waals surface area contributed by atoms with E-state index in [4.69, 9.17) is 20.8 Å². The van der Waals surface area contributed by atoms with E-state index in [1.54, 1.807) is 30.3 Å². The Balaban J connectivity index is 1.83. The molecule has 1 aromatic carbocycles. The highest BCUT2D eigenvalue weighted by atomic mass is 35.5. The largest absolute Gasteiger partial charge is 0.492 e. The van der Waals surface area contributed by atoms with E-state index in [-0.39, 0.29) is 6.54 Å². The fourth-order valence-electron chi connectivity index (χ4n) is 1.75. The van der Waals surface area contributed by atoms with E-state index in [1.165, 1.54) is 12.5 Å². The molecule has 0 atom stereocenters. The molecule has 0 aliphatic heterocycles. The van der Waals surface area contributed by atoms with Gasteiger partial charge in [0.15, 0.2) is 0 Å². The Bertz CT molecular complexity index is 729. The highest BCUT2D eigenvalue weighted by molar-refractivity contribution is 6.35. The van der Waals surface area contributed by atoms with Crippen molar-refractivity contribution in [1.82, 2.24) is 10.7 Å². The van der Waals surface area contributed by atoms with Gasteiger partial charge < -0.3 is 14.5 Å². The van der Waals surface area contributed by atoms with Gasteiger partial charge in [0.05, 0.1) is 30.7 Å². The minimum absolute atomic E-state index is 0.122. The zero-order valence-electron chi connectivity index (χ0n) is 12.9. The second-order valence-electron chi connectivity index (χ2n) is 4.58. The number of hydrazone groups is 1. The number of hydrogen-bond donors (Lipinski definition) is 2. The predicted molar refractivity (Wildman–Crippen MR) is 88.9 cm³/mol. The molecule has 2 rings (SSSR count). The van der Waals surface area contributed by atoms with E-state index in [1.807, 2.05) is 6.92 Å². The highest BCUT2D eigenvalue weighted by Gasteiger charge is 2.12. The summed E-state index contributed by atoms with van der Waals surface area (Å²) in [5.74, 6) is -0.579. The van der Waals surface area contributed by atoms with Crippen LogP contribution < -0.4 is 15.5 Å². The molecule has 0 spiro atoms. The van der Waals surface area contributed by atoms with Crippen LogP contribution in [0.25, 0.3) is 0 Å². The van der Waals surface area contributed by atoms with Crippen LogP contribution in [0.2, 0.25) is 5.02 Å². The van der Waals surface area contributed by atoms with E-state index >= 15 is 0 Å². The Kier molecular flexibility index (Phi) is 6.39. The first-order chi connectivity index (χ1) is 11.6. The molecule has 7 nitrogen and oxygen atoms in total. The zero-order valence-corrected chi connectivity index (χ0v) is 13.7. The first-order valence-corrected chi connectivity index (χ1v) is 7.54. The summed E-state index contributed by atoms with van der Waals surface area (Å²) >= 11 is 6.04. The third-order valence-electron chi connectivity index (χ3n) is 2.84. The molecule has 2 amide bonds. The van der Waals surface area contributed by atoms with Crippen LogP contribution in [0.1, 0.15) is 18.2 Å². The molecule has 0 saturated heterocycles. The number of nitrogens with zero attached hydrogens (tertiary/aromatic N) is 1. The standard InChI is InChI=1S/C16H16ClN3O4/c1-2-23-14-6-5-11(8-13(14)17)9-19-20-16(22)15(21)18-10-12-4-3-7-24-12/h3-9H,2,10H2,1H3,(H,18,21)(H,20,22)/b19-9-. The van der Waals surface area contributed by atoms with E-state index in [9.17, 15) is 9.59 Å². The molecule has 1 heterocycles. The number of hydrogen-bond acceptors (Lipinski definition) is 5. The van der Waals surface area contributed by atoms with Crippen molar-refractivity contribution in [2.45, 2.75) is 13.5 Å². The second-order valence-corrected chi connectivity index (χ2v) is 4.99. The number of rotatable bonds is 6. The summed E-state index contributed by atoms with van der Waals surface area (Å²) in [6.07, 6.45) is 2.85. The Morgan fingerprint density at radius 2 is 2.17 bits per heavy atom. The molecule has 24 heavy (non-hydrogen) atoms. The van der Waals surface area contributed by atoms with Gasteiger partial charge in [-0.15, -0.1) is 0 Å². The molecular formula is C16H16ClN3O4. The number of furan rings is 1. The Labute approximate surface area is 143 Å². The molecular weight excluding hydrogens is 334 g/mol. The molecule has 0 fully saturated rings. The topological polar surface area (TPSA) is 92.9 Å². The van der Waals surface area contributed by atoms with Gasteiger partial charge in [-0.3, -0.25) is 9.59 Å². The Morgan fingerprint density at radius 1 is 1.33 bits per heavy atom. The SMILES string of the molecule is CCOc1ccc(/C=N\NC(=O)C(=O)NCc2ccco2)cc1Cl. The molecule has 0 saturated carbocycles. The van der Waals surface area contributed by atoms with Crippen LogP contribution in [0, 0.1) is 0 Å². The summed E-state index contributed by atoms with van der Waals surface area (Å²) < 4.78 is 10.4. The molecule has 0 bridgehead atoms. The van der Waals surface area contributed by atoms with Gasteiger partial charge in [0.2, 0.25) is 0 Å². The molecule has 0 unspecified atom stereocenters. The van der Waals surface area contributed by atoms with Crippen molar-refractivity contribution in [3.05, 3.63) is 52.9 Å². The fourth-order valence-corrected chi connectivity index (χ4v) is 1.99. The lowest BCUT2D eigenvalue weighted by molar-refractivity contribution is -0.139. The number of carbonyl (C=O) groups is 2. The summed E-state index contributed by atoms with van der Waals surface area (Å²) in [6, 6.07) is 8.44. The van der Waals surface area contributed by atoms with Crippen LogP contribution in [-0.2, 0) is 16.1 Å². The third-order valence-corrected chi connectivity index (χ3v) is 3.14. The van der Waals surface area contributed by atoms with Crippen molar-refractivity contribution in [2.24, 2.45) is 5.10 Å². The maximum atomic E-state index is 11.6. The van der Waals surface area contributed by atoms with Crippen molar-refractivity contribution in [3.63, 3.8) is 0 Å². The van der Waals surface area contributed by atoms with Crippen molar-refractivity contribution >= 4 is 29.6 Å². The molecule has 0 radical (unpaired) electrons. The summed E-state index contributed by atoms with van der Waals surface area (Å²) in [5.41, 5.74) is 2.79. The molecule has 2 N–H and O–H groups in total. The summed E-state index contributed by atoms with van der Waals surface area (Å²) in [7, 11) is 0. The van der Waals surface area contributed by atoms with Crippen LogP contribution in [0.15, 0.2) is 46.1 Å². The van der Waals surface area contributed by atoms with Gasteiger partial charge in [-0.2, -0.15) is 5.10 Å². The summed E-state index contributed by atoms with van der Waals surface area (Å²) in [5, 5.41) is 6.56. The normalized spacial score (nSPS) is 10.6. The maximum Gasteiger partial charge on any atom is 0.329 e. The highest BCUT2D eigenvalue weighted by Crippen LogP contribution is 2.24. The van der Waals surface area contributed by atoms with Crippen LogP contribution in [0.3, 0.4) is 0 Å². The molecule has 126 valence electrons. The van der Waals surface area contributed by atoms with Gasteiger partial charge in [-0.1, -0.05) is 11.6 Å². The number of carbonyl (C=O) groups excluding carboxylic acids is 2. The van der Waals surface area contributed by atoms with Crippen molar-refractivity contribution in [1.29, 1.82) is 0 Å². The number of amides is 2. The average molecular weight is 350 g/mol. The summed E-state index contributed by atoms with van der Waals surface area (Å²) in [6.45, 7) is 2.49. The van der Waals surface area contributed by atoms with Crippen molar-refractivity contribution in [2.75, 3.05) is 6.61 Å². The monoisotopic (exact) mass is 349 g/mol. The molecule has 0 aliphatic carbocycles. The number of halogens is 1. The Hall–Kier alpha value is -2.80. The lowest BCUT2D eigenvalue weighted by atomic mass is 10.2. The smallest absolute Gasteiger partial charge is 0.329 e. The van der Waals surface area contributed by atoms with E-state index < -0.39 is 11.8 Å². The average Bonchev–Trinajstić information content (AvgIpc) is 3.08. The molecule has 1 aromatic heterocycles. The summed E-state index contributed by atoms with van der Waals surface area (Å²) in [4.78, 5) is 23.2. The third kappa shape index (κ3) is 5.13. The molecule has 0 aliphatic rings. The van der Waals surface area contributed by atoms with E-state index in [0.29, 0.717) is 28.7 Å². The number of ether oxygens (including phenoxy) is 1. The van der Waals surface area contributed by atoms with Crippen molar-refractivity contribution < 1.29 is 18.7 Å². The molecule has 8 heteroatoms. The van der Waals surface area contributed by atoms with Crippen molar-refractivity contribution in [3.8, 4) is 5.75 Å². The van der Waals surface area contributed by atoms with Crippen LogP contribution in [0.4, 0.5) is 0 Å². The first-order valence-electron chi connectivity index (χ1n) is 7.16. The quantitative estimate of drug-likeness (QED) is 0.474. The van der Waals surface area contributed by atoms with Gasteiger partial charge in [0.1, 0.15) is 11.5 Å². The second kappa shape index (κ2) is 8.73. The van der Waals surface area contributed by atoms with E-state index in [2.05, 4.69) is 15.8 Å². The van der Waals surface area contributed by atoms with E-state index in [0.717, 1.165) is 0 Å². The maximum absolute atomic E-state index is 11.6. The van der Waals surface area contributed by atoms with Gasteiger partial charge in [0.25, 0.3) is 0 Å².